The number of thioether (sulfide) groups is 2. The molecule has 102 valence electrons. The number of likely N-dealkylation sites (N-methyl/N-ethyl adjacent to an activating group) is 1. The summed E-state index contributed by atoms with van der Waals surface area (Å²) in [4.78, 5) is 0. The number of rotatable bonds is 7. The molecule has 0 spiro atoms. The molecule has 0 aromatic heterocycles. The second-order valence-electron chi connectivity index (χ2n) is 4.70. The van der Waals surface area contributed by atoms with Gasteiger partial charge in [0.2, 0.25) is 0 Å². The lowest BCUT2D eigenvalue weighted by Crippen LogP contribution is -2.48. The van der Waals surface area contributed by atoms with Gasteiger partial charge in [-0.3, -0.25) is 0 Å². The van der Waals surface area contributed by atoms with Gasteiger partial charge in [0.05, 0.1) is 12.7 Å². The van der Waals surface area contributed by atoms with Gasteiger partial charge in [0.1, 0.15) is 0 Å². The number of hydrogen-bond acceptors (Lipinski definition) is 4. The summed E-state index contributed by atoms with van der Waals surface area (Å²) in [5.74, 6) is 2.60. The Bertz CT molecular complexity index is 202. The minimum Gasteiger partial charge on any atom is -0.377 e. The Morgan fingerprint density at radius 3 is 2.53 bits per heavy atom. The first-order valence-corrected chi connectivity index (χ1v) is 8.86. The second-order valence-corrected chi connectivity index (χ2v) is 7.33. The van der Waals surface area contributed by atoms with Crippen molar-refractivity contribution in [1.29, 1.82) is 0 Å². The number of hydrogen-bond donors (Lipinski definition) is 1. The van der Waals surface area contributed by atoms with Crippen molar-refractivity contribution in [3.63, 3.8) is 0 Å². The summed E-state index contributed by atoms with van der Waals surface area (Å²) in [5.41, 5.74) is 0. The lowest BCUT2D eigenvalue weighted by atomic mass is 10.1. The van der Waals surface area contributed by atoms with Gasteiger partial charge in [-0.25, -0.2) is 0 Å². The zero-order chi connectivity index (χ0) is 12.7. The van der Waals surface area contributed by atoms with Crippen LogP contribution in [-0.4, -0.2) is 47.3 Å². The summed E-state index contributed by atoms with van der Waals surface area (Å²) in [7, 11) is 0. The minimum atomic E-state index is 0.331. The molecule has 1 rings (SSSR count). The van der Waals surface area contributed by atoms with Gasteiger partial charge in [0.15, 0.2) is 0 Å². The smallest absolute Gasteiger partial charge is 0.0634 e. The molecule has 1 heterocycles. The highest BCUT2D eigenvalue weighted by Gasteiger charge is 2.31. The van der Waals surface area contributed by atoms with Crippen LogP contribution in [-0.2, 0) is 4.74 Å². The third-order valence-electron chi connectivity index (χ3n) is 2.97. The summed E-state index contributed by atoms with van der Waals surface area (Å²) < 4.78 is 5.82. The van der Waals surface area contributed by atoms with Crippen molar-refractivity contribution in [2.45, 2.75) is 56.8 Å². The molecule has 1 aliphatic rings. The van der Waals surface area contributed by atoms with E-state index >= 15 is 0 Å². The highest BCUT2D eigenvalue weighted by molar-refractivity contribution is 8.07. The molecule has 1 fully saturated rings. The first-order valence-electron chi connectivity index (χ1n) is 6.77. The average Bonchev–Trinajstić information content (AvgIpc) is 2.34. The molecule has 0 aliphatic carbocycles. The standard InChI is InChI=1S/C13H27NOS2/c1-5-12-13(17-8-7-16-12)11(14-6-2)9-15-10(3)4/h10-14H,5-9H2,1-4H3. The summed E-state index contributed by atoms with van der Waals surface area (Å²) in [6, 6.07) is 0.505. The van der Waals surface area contributed by atoms with Crippen molar-refractivity contribution in [3.05, 3.63) is 0 Å². The van der Waals surface area contributed by atoms with E-state index in [-0.39, 0.29) is 0 Å². The average molecular weight is 277 g/mol. The number of nitrogens with one attached hydrogen (secondary N) is 1. The van der Waals surface area contributed by atoms with Crippen LogP contribution >= 0.6 is 23.5 Å². The van der Waals surface area contributed by atoms with E-state index in [1.165, 1.54) is 17.9 Å². The quantitative estimate of drug-likeness (QED) is 0.772. The highest BCUT2D eigenvalue weighted by Crippen LogP contribution is 2.35. The highest BCUT2D eigenvalue weighted by atomic mass is 32.2. The normalized spacial score (nSPS) is 27.4. The molecule has 0 radical (unpaired) electrons. The molecule has 0 aromatic carbocycles. The van der Waals surface area contributed by atoms with Crippen LogP contribution in [0.15, 0.2) is 0 Å². The summed E-state index contributed by atoms with van der Waals surface area (Å²) in [6.07, 6.45) is 1.60. The fraction of sp³-hybridized carbons (Fsp3) is 1.00. The van der Waals surface area contributed by atoms with E-state index in [1.807, 2.05) is 0 Å². The minimum absolute atomic E-state index is 0.331. The van der Waals surface area contributed by atoms with E-state index in [0.29, 0.717) is 17.4 Å². The van der Waals surface area contributed by atoms with E-state index in [4.69, 9.17) is 4.74 Å². The van der Waals surface area contributed by atoms with Gasteiger partial charge in [0.25, 0.3) is 0 Å². The Labute approximate surface area is 115 Å². The molecule has 0 bridgehead atoms. The Hall–Kier alpha value is 0.620. The molecular weight excluding hydrogens is 250 g/mol. The maximum Gasteiger partial charge on any atom is 0.0634 e. The lowest BCUT2D eigenvalue weighted by molar-refractivity contribution is 0.0609. The van der Waals surface area contributed by atoms with Crippen LogP contribution in [0.2, 0.25) is 0 Å². The van der Waals surface area contributed by atoms with Gasteiger partial charge in [0, 0.05) is 28.0 Å². The topological polar surface area (TPSA) is 21.3 Å². The Balaban J connectivity index is 2.53. The zero-order valence-electron chi connectivity index (χ0n) is 11.6. The first-order chi connectivity index (χ1) is 8.19. The molecule has 17 heavy (non-hydrogen) atoms. The molecule has 0 amide bonds. The zero-order valence-corrected chi connectivity index (χ0v) is 13.2. The van der Waals surface area contributed by atoms with Gasteiger partial charge < -0.3 is 10.1 Å². The van der Waals surface area contributed by atoms with Crippen molar-refractivity contribution >= 4 is 23.5 Å². The molecule has 1 aliphatic heterocycles. The first kappa shape index (κ1) is 15.7. The maximum atomic E-state index is 5.82. The van der Waals surface area contributed by atoms with Crippen molar-refractivity contribution in [2.24, 2.45) is 0 Å². The monoisotopic (exact) mass is 277 g/mol. The molecule has 0 aromatic rings. The molecule has 0 saturated carbocycles. The Morgan fingerprint density at radius 1 is 1.24 bits per heavy atom. The van der Waals surface area contributed by atoms with Gasteiger partial charge in [-0.1, -0.05) is 13.8 Å². The molecule has 1 N–H and O–H groups in total. The van der Waals surface area contributed by atoms with Crippen LogP contribution in [0.5, 0.6) is 0 Å². The van der Waals surface area contributed by atoms with Crippen LogP contribution < -0.4 is 5.32 Å². The van der Waals surface area contributed by atoms with Crippen LogP contribution in [0, 0.1) is 0 Å². The molecule has 4 heteroatoms. The third-order valence-corrected chi connectivity index (χ3v) is 6.37. The molecule has 3 unspecified atom stereocenters. The molecule has 1 saturated heterocycles. The van der Waals surface area contributed by atoms with Gasteiger partial charge in [-0.2, -0.15) is 23.5 Å². The predicted octanol–water partition coefficient (Wildman–Crippen LogP) is 3.02. The van der Waals surface area contributed by atoms with Gasteiger partial charge in [-0.15, -0.1) is 0 Å². The van der Waals surface area contributed by atoms with Crippen LogP contribution in [0.4, 0.5) is 0 Å². The van der Waals surface area contributed by atoms with E-state index in [1.54, 1.807) is 0 Å². The van der Waals surface area contributed by atoms with Crippen LogP contribution in [0.3, 0.4) is 0 Å². The molecule has 3 atom stereocenters. The fourth-order valence-corrected chi connectivity index (χ4v) is 5.38. The van der Waals surface area contributed by atoms with E-state index in [0.717, 1.165) is 18.4 Å². The SMILES string of the molecule is CCNC(COC(C)C)C1SCCSC1CC. The van der Waals surface area contributed by atoms with Crippen molar-refractivity contribution in [2.75, 3.05) is 24.7 Å². The lowest BCUT2D eigenvalue weighted by Gasteiger charge is -2.36. The maximum absolute atomic E-state index is 5.82. The summed E-state index contributed by atoms with van der Waals surface area (Å²) in [6.45, 7) is 10.6. The van der Waals surface area contributed by atoms with Gasteiger partial charge in [-0.05, 0) is 26.8 Å². The van der Waals surface area contributed by atoms with Gasteiger partial charge >= 0.3 is 0 Å². The molecule has 2 nitrogen and oxygen atoms in total. The van der Waals surface area contributed by atoms with E-state index < -0.39 is 0 Å². The molecular formula is C13H27NOS2. The van der Waals surface area contributed by atoms with Crippen molar-refractivity contribution in [3.8, 4) is 0 Å². The van der Waals surface area contributed by atoms with Crippen LogP contribution in [0.25, 0.3) is 0 Å². The Morgan fingerprint density at radius 2 is 1.94 bits per heavy atom. The second kappa shape index (κ2) is 8.68. The van der Waals surface area contributed by atoms with Crippen molar-refractivity contribution in [1.82, 2.24) is 5.32 Å². The predicted molar refractivity (Wildman–Crippen MR) is 81.3 cm³/mol. The summed E-state index contributed by atoms with van der Waals surface area (Å²) >= 11 is 4.28. The van der Waals surface area contributed by atoms with Crippen molar-refractivity contribution < 1.29 is 4.74 Å². The number of ether oxygens (including phenoxy) is 1. The van der Waals surface area contributed by atoms with Crippen LogP contribution in [0.1, 0.15) is 34.1 Å². The largest absolute Gasteiger partial charge is 0.377 e. The summed E-state index contributed by atoms with van der Waals surface area (Å²) in [5, 5.41) is 5.10. The Kier molecular flexibility index (Phi) is 8.00. The third kappa shape index (κ3) is 5.41. The fourth-order valence-electron chi connectivity index (χ4n) is 2.14. The van der Waals surface area contributed by atoms with E-state index in [9.17, 15) is 0 Å². The van der Waals surface area contributed by atoms with E-state index in [2.05, 4.69) is 56.5 Å².